The Hall–Kier alpha value is -2.08. The fraction of sp³-hybridized carbons (Fsp3) is 0.467. The number of rotatable bonds is 4. The maximum atomic E-state index is 12.4. The molecule has 0 radical (unpaired) electrons. The second kappa shape index (κ2) is 6.13. The summed E-state index contributed by atoms with van der Waals surface area (Å²) in [5.41, 5.74) is 1.71. The first-order valence-electron chi connectivity index (χ1n) is 6.76. The van der Waals surface area contributed by atoms with Crippen LogP contribution in [0.1, 0.15) is 17.5 Å². The number of aliphatic hydroxyl groups is 1. The van der Waals surface area contributed by atoms with Gasteiger partial charge in [-0.2, -0.15) is 0 Å². The van der Waals surface area contributed by atoms with Gasteiger partial charge in [0.25, 0.3) is 0 Å². The van der Waals surface area contributed by atoms with Crippen molar-refractivity contribution < 1.29 is 24.5 Å². The minimum absolute atomic E-state index is 0.0569. The summed E-state index contributed by atoms with van der Waals surface area (Å²) in [4.78, 5) is 24.7. The van der Waals surface area contributed by atoms with Crippen LogP contribution in [0.2, 0.25) is 0 Å². The number of carbonyl (C=O) groups excluding carboxylic acids is 1. The Morgan fingerprint density at radius 2 is 2.14 bits per heavy atom. The van der Waals surface area contributed by atoms with Crippen LogP contribution in [0.3, 0.4) is 0 Å². The molecule has 6 nitrogen and oxygen atoms in total. The summed E-state index contributed by atoms with van der Waals surface area (Å²) < 4.78 is 5.22. The molecule has 0 aromatic heterocycles. The predicted molar refractivity (Wildman–Crippen MR) is 75.2 cm³/mol. The van der Waals surface area contributed by atoms with Gasteiger partial charge in [0.2, 0.25) is 5.91 Å². The third-order valence-corrected chi connectivity index (χ3v) is 3.66. The fourth-order valence-electron chi connectivity index (χ4n) is 2.63. The Labute approximate surface area is 122 Å². The molecule has 0 saturated carbocycles. The van der Waals surface area contributed by atoms with Crippen LogP contribution < -0.4 is 4.74 Å². The van der Waals surface area contributed by atoms with Crippen LogP contribution in [-0.4, -0.2) is 52.8 Å². The molecule has 1 aromatic carbocycles. The van der Waals surface area contributed by atoms with E-state index >= 15 is 0 Å². The molecule has 2 N–H and O–H groups in total. The van der Waals surface area contributed by atoms with Crippen LogP contribution in [0.5, 0.6) is 5.75 Å². The van der Waals surface area contributed by atoms with E-state index in [-0.39, 0.29) is 25.3 Å². The number of ether oxygens (including phenoxy) is 1. The lowest BCUT2D eigenvalue weighted by Crippen LogP contribution is -2.41. The summed E-state index contributed by atoms with van der Waals surface area (Å²) in [7, 11) is 1.53. The molecule has 6 heteroatoms. The summed E-state index contributed by atoms with van der Waals surface area (Å²) in [6, 6.07) is 4.56. The van der Waals surface area contributed by atoms with Crippen LogP contribution in [0, 0.1) is 6.92 Å². The SMILES string of the molecule is COc1ccc(C)cc1CC(=O)N1CC(O)CC1C(=O)O. The third kappa shape index (κ3) is 3.33. The van der Waals surface area contributed by atoms with Crippen molar-refractivity contribution in [1.82, 2.24) is 4.90 Å². The number of nitrogens with zero attached hydrogens (tertiary/aromatic N) is 1. The summed E-state index contributed by atoms with van der Waals surface area (Å²) in [5.74, 6) is -0.806. The second-order valence-corrected chi connectivity index (χ2v) is 5.28. The van der Waals surface area contributed by atoms with Gasteiger partial charge in [-0.3, -0.25) is 4.79 Å². The van der Waals surface area contributed by atoms with Gasteiger partial charge >= 0.3 is 5.97 Å². The number of aliphatic carboxylic acids is 1. The van der Waals surface area contributed by atoms with Gasteiger partial charge in [0.1, 0.15) is 11.8 Å². The highest BCUT2D eigenvalue weighted by molar-refractivity contribution is 5.86. The molecule has 1 saturated heterocycles. The van der Waals surface area contributed by atoms with Crippen LogP contribution >= 0.6 is 0 Å². The molecule has 1 aliphatic rings. The maximum absolute atomic E-state index is 12.4. The first-order chi connectivity index (χ1) is 9.92. The minimum Gasteiger partial charge on any atom is -0.496 e. The summed E-state index contributed by atoms with van der Waals surface area (Å²) >= 11 is 0. The molecule has 1 aromatic rings. The van der Waals surface area contributed by atoms with Crippen molar-refractivity contribution in [3.8, 4) is 5.75 Å². The number of methoxy groups -OCH3 is 1. The Bertz CT molecular complexity index is 557. The highest BCUT2D eigenvalue weighted by atomic mass is 16.5. The number of hydrogen-bond donors (Lipinski definition) is 2. The van der Waals surface area contributed by atoms with Crippen molar-refractivity contribution in [3.63, 3.8) is 0 Å². The summed E-state index contributed by atoms with van der Waals surface area (Å²) in [6.45, 7) is 1.97. The lowest BCUT2D eigenvalue weighted by Gasteiger charge is -2.21. The molecule has 0 bridgehead atoms. The third-order valence-electron chi connectivity index (χ3n) is 3.66. The lowest BCUT2D eigenvalue weighted by atomic mass is 10.1. The van der Waals surface area contributed by atoms with Gasteiger partial charge in [-0.25, -0.2) is 4.79 Å². The van der Waals surface area contributed by atoms with E-state index in [9.17, 15) is 14.7 Å². The average molecular weight is 293 g/mol. The second-order valence-electron chi connectivity index (χ2n) is 5.28. The normalized spacial score (nSPS) is 21.4. The van der Waals surface area contributed by atoms with Gasteiger partial charge in [-0.15, -0.1) is 0 Å². The van der Waals surface area contributed by atoms with E-state index in [0.29, 0.717) is 11.3 Å². The molecule has 1 fully saturated rings. The molecule has 0 spiro atoms. The molecular formula is C15H19NO5. The van der Waals surface area contributed by atoms with Gasteiger partial charge in [-0.05, 0) is 13.0 Å². The Morgan fingerprint density at radius 3 is 2.76 bits per heavy atom. The van der Waals surface area contributed by atoms with Crippen molar-refractivity contribution in [2.75, 3.05) is 13.7 Å². The monoisotopic (exact) mass is 293 g/mol. The van der Waals surface area contributed by atoms with Gasteiger partial charge in [0.05, 0.1) is 19.6 Å². The topological polar surface area (TPSA) is 87.1 Å². The summed E-state index contributed by atoms with van der Waals surface area (Å²) in [6.07, 6.45) is -0.651. The predicted octanol–water partition coefficient (Wildman–Crippen LogP) is 0.593. The van der Waals surface area contributed by atoms with E-state index in [1.165, 1.54) is 12.0 Å². The van der Waals surface area contributed by atoms with Gasteiger partial charge in [-0.1, -0.05) is 17.7 Å². The van der Waals surface area contributed by atoms with Crippen molar-refractivity contribution in [2.24, 2.45) is 0 Å². The zero-order valence-corrected chi connectivity index (χ0v) is 12.1. The first-order valence-corrected chi connectivity index (χ1v) is 6.76. The Morgan fingerprint density at radius 1 is 1.43 bits per heavy atom. The van der Waals surface area contributed by atoms with Gasteiger partial charge in [0.15, 0.2) is 0 Å². The molecule has 0 aliphatic carbocycles. The van der Waals surface area contributed by atoms with E-state index in [2.05, 4.69) is 0 Å². The molecule has 1 aliphatic heterocycles. The Balaban J connectivity index is 2.18. The van der Waals surface area contributed by atoms with E-state index < -0.39 is 18.1 Å². The Kier molecular flexibility index (Phi) is 4.47. The number of carbonyl (C=O) groups is 2. The standard InChI is InChI=1S/C15H19NO5/c1-9-3-4-13(21-2)10(5-9)6-14(18)16-8-11(17)7-12(16)15(19)20/h3-5,11-12,17H,6-8H2,1-2H3,(H,19,20). The molecular weight excluding hydrogens is 274 g/mol. The number of carboxylic acids is 1. The molecule has 1 amide bonds. The van der Waals surface area contributed by atoms with E-state index in [0.717, 1.165) is 5.56 Å². The quantitative estimate of drug-likeness (QED) is 0.848. The van der Waals surface area contributed by atoms with Crippen LogP contribution in [0.15, 0.2) is 18.2 Å². The number of aryl methyl sites for hydroxylation is 1. The number of carboxylic acid groups (broad SMARTS) is 1. The maximum Gasteiger partial charge on any atom is 0.326 e. The van der Waals surface area contributed by atoms with Crippen molar-refractivity contribution >= 4 is 11.9 Å². The van der Waals surface area contributed by atoms with Crippen LogP contribution in [-0.2, 0) is 16.0 Å². The van der Waals surface area contributed by atoms with Crippen molar-refractivity contribution in [1.29, 1.82) is 0 Å². The number of β-amino-alcohol motifs (C(OH)–C–C–N with tert-alkyl or cyclic N) is 1. The van der Waals surface area contributed by atoms with Crippen LogP contribution in [0.4, 0.5) is 0 Å². The van der Waals surface area contributed by atoms with E-state index in [1.807, 2.05) is 19.1 Å². The minimum atomic E-state index is -1.09. The largest absolute Gasteiger partial charge is 0.496 e. The number of benzene rings is 1. The molecule has 1 heterocycles. The van der Waals surface area contributed by atoms with Gasteiger partial charge in [0, 0.05) is 18.5 Å². The number of likely N-dealkylation sites (tertiary alicyclic amines) is 1. The highest BCUT2D eigenvalue weighted by Gasteiger charge is 2.38. The molecule has 2 atom stereocenters. The molecule has 2 unspecified atom stereocenters. The number of hydrogen-bond acceptors (Lipinski definition) is 4. The van der Waals surface area contributed by atoms with E-state index in [1.54, 1.807) is 6.07 Å². The smallest absolute Gasteiger partial charge is 0.326 e. The number of amides is 1. The van der Waals surface area contributed by atoms with Crippen molar-refractivity contribution in [3.05, 3.63) is 29.3 Å². The highest BCUT2D eigenvalue weighted by Crippen LogP contribution is 2.24. The zero-order chi connectivity index (χ0) is 15.6. The average Bonchev–Trinajstić information content (AvgIpc) is 2.81. The molecule has 2 rings (SSSR count). The number of aliphatic hydroxyl groups excluding tert-OH is 1. The fourth-order valence-corrected chi connectivity index (χ4v) is 2.63. The summed E-state index contributed by atoms with van der Waals surface area (Å²) in [5, 5.41) is 18.7. The van der Waals surface area contributed by atoms with E-state index in [4.69, 9.17) is 9.84 Å². The first kappa shape index (κ1) is 15.3. The zero-order valence-electron chi connectivity index (χ0n) is 12.1. The molecule has 114 valence electrons. The van der Waals surface area contributed by atoms with Crippen molar-refractivity contribution in [2.45, 2.75) is 31.9 Å². The molecule has 21 heavy (non-hydrogen) atoms. The van der Waals surface area contributed by atoms with Crippen LogP contribution in [0.25, 0.3) is 0 Å². The van der Waals surface area contributed by atoms with Gasteiger partial charge < -0.3 is 19.8 Å². The lowest BCUT2D eigenvalue weighted by molar-refractivity contribution is -0.148.